The summed E-state index contributed by atoms with van der Waals surface area (Å²) in [5.41, 5.74) is 2.93. The van der Waals surface area contributed by atoms with Crippen LogP contribution in [-0.2, 0) is 0 Å². The molecule has 0 aliphatic rings. The Labute approximate surface area is 107 Å². The van der Waals surface area contributed by atoms with Crippen molar-refractivity contribution in [1.82, 2.24) is 0 Å². The van der Waals surface area contributed by atoms with Gasteiger partial charge in [-0.15, -0.1) is 0 Å². The summed E-state index contributed by atoms with van der Waals surface area (Å²) in [5, 5.41) is 0. The average molecular weight is 413 g/mol. The fourth-order valence-electron chi connectivity index (χ4n) is 1.37. The summed E-state index contributed by atoms with van der Waals surface area (Å²) >= 11 is 2.73. The zero-order valence-electron chi connectivity index (χ0n) is 8.50. The first-order valence-corrected chi connectivity index (χ1v) is 12.3. The summed E-state index contributed by atoms with van der Waals surface area (Å²) in [7, 11) is 0. The van der Waals surface area contributed by atoms with Crippen LogP contribution >= 0.6 is 18.6 Å². The van der Waals surface area contributed by atoms with Gasteiger partial charge in [0.15, 0.2) is 0 Å². The predicted molar refractivity (Wildman–Crippen MR) is 67.9 cm³/mol. The molecule has 0 fully saturated rings. The third-order valence-corrected chi connectivity index (χ3v) is 4.51. The van der Waals surface area contributed by atoms with Crippen molar-refractivity contribution in [2.75, 3.05) is 0 Å². The standard InChI is InChI=1S/C12H15I2/c1-10(2)8-12(9-14-13)11-6-4-3-5-7-11/h3-7,9-10H,8H2,1-2H3/q-1/b12-9+. The number of hydrogen-bond donors (Lipinski definition) is 0. The molecule has 1 aromatic rings. The molecule has 0 saturated heterocycles. The molecule has 0 spiro atoms. The molecule has 0 aliphatic heterocycles. The topological polar surface area (TPSA) is 0 Å². The Morgan fingerprint density at radius 2 is 2.00 bits per heavy atom. The maximum atomic E-state index is 2.51. The first-order chi connectivity index (χ1) is 6.74. The second kappa shape index (κ2) is 6.82. The van der Waals surface area contributed by atoms with E-state index in [1.54, 1.807) is 0 Å². The van der Waals surface area contributed by atoms with E-state index in [0.29, 0.717) is 0 Å². The Morgan fingerprint density at radius 3 is 2.50 bits per heavy atom. The van der Waals surface area contributed by atoms with Gasteiger partial charge in [0.05, 0.1) is 0 Å². The molecule has 2 heteroatoms. The Morgan fingerprint density at radius 1 is 1.36 bits per heavy atom. The average Bonchev–Trinajstić information content (AvgIpc) is 2.18. The van der Waals surface area contributed by atoms with Gasteiger partial charge in [-0.2, -0.15) is 0 Å². The molecule has 0 aliphatic carbocycles. The van der Waals surface area contributed by atoms with Gasteiger partial charge in [0.25, 0.3) is 0 Å². The van der Waals surface area contributed by atoms with Crippen molar-refractivity contribution in [3.63, 3.8) is 0 Å². The molecule has 78 valence electrons. The van der Waals surface area contributed by atoms with E-state index in [9.17, 15) is 0 Å². The second-order valence-corrected chi connectivity index (χ2v) is 7.93. The number of allylic oxidation sites excluding steroid dienone is 1. The molecule has 0 bridgehead atoms. The van der Waals surface area contributed by atoms with Crippen molar-refractivity contribution >= 4 is 24.2 Å². The van der Waals surface area contributed by atoms with Crippen LogP contribution in [0.2, 0.25) is 0 Å². The minimum atomic E-state index is 0.217. The normalized spacial score (nSPS) is 12.4. The summed E-state index contributed by atoms with van der Waals surface area (Å²) < 4.78 is 2.44. The van der Waals surface area contributed by atoms with E-state index in [2.05, 4.69) is 66.9 Å². The van der Waals surface area contributed by atoms with E-state index in [1.165, 1.54) is 17.6 Å². The van der Waals surface area contributed by atoms with Gasteiger partial charge in [-0.1, -0.05) is 0 Å². The maximum absolute atomic E-state index is 2.51. The van der Waals surface area contributed by atoms with Gasteiger partial charge in [0.1, 0.15) is 0 Å². The van der Waals surface area contributed by atoms with Crippen LogP contribution < -0.4 is 17.2 Å². The van der Waals surface area contributed by atoms with E-state index in [1.807, 2.05) is 0 Å². The van der Waals surface area contributed by atoms with E-state index in [-0.39, 0.29) is 17.2 Å². The molecule has 0 saturated carbocycles. The fraction of sp³-hybridized carbons (Fsp3) is 0.333. The van der Waals surface area contributed by atoms with Crippen molar-refractivity contribution < 1.29 is 17.2 Å². The molecule has 1 aromatic carbocycles. The minimum absolute atomic E-state index is 0.217. The first-order valence-electron chi connectivity index (χ1n) is 4.73. The summed E-state index contributed by atoms with van der Waals surface area (Å²) in [6.45, 7) is 4.56. The molecule has 0 atom stereocenters. The molecule has 0 unspecified atom stereocenters. The van der Waals surface area contributed by atoms with Gasteiger partial charge in [-0.05, 0) is 0 Å². The molecule has 1 rings (SSSR count). The van der Waals surface area contributed by atoms with E-state index in [0.717, 1.165) is 5.92 Å². The van der Waals surface area contributed by atoms with Crippen LogP contribution in [0.25, 0.3) is 5.57 Å². The quantitative estimate of drug-likeness (QED) is 0.658. The van der Waals surface area contributed by atoms with Crippen LogP contribution in [0.5, 0.6) is 0 Å². The predicted octanol–water partition coefficient (Wildman–Crippen LogP) is 1.51. The van der Waals surface area contributed by atoms with E-state index in [4.69, 9.17) is 0 Å². The summed E-state index contributed by atoms with van der Waals surface area (Å²) in [6.07, 6.45) is 1.20. The number of hydrogen-bond acceptors (Lipinski definition) is 0. The van der Waals surface area contributed by atoms with E-state index >= 15 is 0 Å². The summed E-state index contributed by atoms with van der Waals surface area (Å²) in [5.74, 6) is 0.744. The molecule has 14 heavy (non-hydrogen) atoms. The Bertz CT molecular complexity index is 288. The van der Waals surface area contributed by atoms with Gasteiger partial charge in [0, 0.05) is 0 Å². The first kappa shape index (κ1) is 12.5. The van der Waals surface area contributed by atoms with Gasteiger partial charge in [-0.3, -0.25) is 0 Å². The Hall–Kier alpha value is 0.420. The van der Waals surface area contributed by atoms with Crippen molar-refractivity contribution in [3.05, 3.63) is 40.0 Å². The third-order valence-electron chi connectivity index (χ3n) is 1.95. The molecule has 0 N–H and O–H groups in total. The van der Waals surface area contributed by atoms with Crippen molar-refractivity contribution in [2.45, 2.75) is 20.3 Å². The van der Waals surface area contributed by atoms with Crippen LogP contribution in [0.1, 0.15) is 25.8 Å². The van der Waals surface area contributed by atoms with Crippen molar-refractivity contribution in [3.8, 4) is 0 Å². The van der Waals surface area contributed by atoms with Gasteiger partial charge >= 0.3 is 108 Å². The number of benzene rings is 1. The van der Waals surface area contributed by atoms with E-state index < -0.39 is 0 Å². The van der Waals surface area contributed by atoms with Crippen LogP contribution in [0.15, 0.2) is 34.4 Å². The third kappa shape index (κ3) is 4.29. The fourth-order valence-corrected chi connectivity index (χ4v) is 4.17. The van der Waals surface area contributed by atoms with Gasteiger partial charge in [0.2, 0.25) is 0 Å². The summed E-state index contributed by atoms with van der Waals surface area (Å²) in [4.78, 5) is 0. The van der Waals surface area contributed by atoms with Crippen LogP contribution in [0, 0.1) is 5.92 Å². The number of halogens is 2. The zero-order valence-corrected chi connectivity index (χ0v) is 12.8. The monoisotopic (exact) mass is 413 g/mol. The molecule has 0 heterocycles. The van der Waals surface area contributed by atoms with Crippen LogP contribution in [0.4, 0.5) is 0 Å². The molecule has 0 amide bonds. The van der Waals surface area contributed by atoms with Crippen molar-refractivity contribution in [1.29, 1.82) is 0 Å². The van der Waals surface area contributed by atoms with Gasteiger partial charge < -0.3 is 0 Å². The second-order valence-electron chi connectivity index (χ2n) is 3.68. The zero-order chi connectivity index (χ0) is 10.4. The van der Waals surface area contributed by atoms with Crippen LogP contribution in [0.3, 0.4) is 0 Å². The SMILES string of the molecule is CC(C)C/C(=C\[I-]I)c1ccccc1. The molecular weight excluding hydrogens is 398 g/mol. The molecule has 0 nitrogen and oxygen atoms in total. The van der Waals surface area contributed by atoms with Gasteiger partial charge in [-0.25, -0.2) is 0 Å². The summed E-state index contributed by atoms with van der Waals surface area (Å²) in [6, 6.07) is 10.7. The van der Waals surface area contributed by atoms with Crippen molar-refractivity contribution in [2.24, 2.45) is 5.92 Å². The Balaban J connectivity index is 2.84. The molecular formula is C12H15I2-. The molecule has 0 radical (unpaired) electrons. The number of rotatable bonds is 4. The van der Waals surface area contributed by atoms with Crippen LogP contribution in [-0.4, -0.2) is 0 Å². The molecule has 0 aromatic heterocycles. The Kier molecular flexibility index (Phi) is 6.09.